The van der Waals surface area contributed by atoms with Crippen LogP contribution in [-0.4, -0.2) is 29.9 Å². The average molecular weight is 399 g/mol. The number of nitrogens with two attached hydrogens (primary N) is 1. The largest absolute Gasteiger partial charge is 0.368 e. The number of anilines is 1. The molecule has 24 heavy (non-hydrogen) atoms. The van der Waals surface area contributed by atoms with Crippen LogP contribution in [0.15, 0.2) is 28.7 Å². The molecule has 1 aromatic rings. The van der Waals surface area contributed by atoms with Gasteiger partial charge in [-0.15, -0.1) is 0 Å². The fourth-order valence-corrected chi connectivity index (χ4v) is 2.21. The lowest BCUT2D eigenvalue weighted by Crippen LogP contribution is -2.53. The van der Waals surface area contributed by atoms with Crippen LogP contribution in [0.5, 0.6) is 0 Å². The lowest BCUT2D eigenvalue weighted by atomic mass is 10.0. The van der Waals surface area contributed by atoms with Gasteiger partial charge in [-0.3, -0.25) is 9.59 Å². The number of primary amides is 1. The molecular formula is C16H23BrN4O3. The second-order valence-electron chi connectivity index (χ2n) is 5.92. The van der Waals surface area contributed by atoms with Crippen LogP contribution < -0.4 is 21.7 Å². The summed E-state index contributed by atoms with van der Waals surface area (Å²) in [6, 6.07) is 4.99. The standard InChI is InChI=1S/C16H23BrN4O3/c1-9(2)8-13(15(23)19-10(3)14(18)22)21-16(24)20-12-6-4-11(17)5-7-12/h4-7,9-10,13H,8H2,1-3H3,(H2,18,22)(H,19,23)(H2,20,21,24)/t10?,13-/m0/s1. The summed E-state index contributed by atoms with van der Waals surface area (Å²) in [4.78, 5) is 35.4. The zero-order valence-electron chi connectivity index (χ0n) is 13.9. The minimum Gasteiger partial charge on any atom is -0.368 e. The number of benzene rings is 1. The Balaban J connectivity index is 2.70. The van der Waals surface area contributed by atoms with E-state index in [1.54, 1.807) is 24.3 Å². The summed E-state index contributed by atoms with van der Waals surface area (Å²) in [7, 11) is 0. The Morgan fingerprint density at radius 2 is 1.67 bits per heavy atom. The summed E-state index contributed by atoms with van der Waals surface area (Å²) in [5.74, 6) is -0.899. The zero-order valence-corrected chi connectivity index (χ0v) is 15.5. The predicted molar refractivity (Wildman–Crippen MR) is 96.3 cm³/mol. The van der Waals surface area contributed by atoms with E-state index in [1.165, 1.54) is 6.92 Å². The zero-order chi connectivity index (χ0) is 18.3. The number of hydrogen-bond acceptors (Lipinski definition) is 3. The summed E-state index contributed by atoms with van der Waals surface area (Å²) in [6.45, 7) is 5.37. The Morgan fingerprint density at radius 1 is 1.08 bits per heavy atom. The van der Waals surface area contributed by atoms with Crippen molar-refractivity contribution in [2.75, 3.05) is 5.32 Å². The van der Waals surface area contributed by atoms with Crippen molar-refractivity contribution in [3.05, 3.63) is 28.7 Å². The molecule has 0 fully saturated rings. The second-order valence-corrected chi connectivity index (χ2v) is 6.84. The molecule has 0 aromatic heterocycles. The fraction of sp³-hybridized carbons (Fsp3) is 0.438. The first-order valence-corrected chi connectivity index (χ1v) is 8.41. The highest BCUT2D eigenvalue weighted by atomic mass is 79.9. The molecule has 1 rings (SSSR count). The first kappa shape index (κ1) is 20.0. The number of hydrogen-bond donors (Lipinski definition) is 4. The van der Waals surface area contributed by atoms with Gasteiger partial charge in [0.2, 0.25) is 11.8 Å². The van der Waals surface area contributed by atoms with Gasteiger partial charge in [-0.25, -0.2) is 4.79 Å². The molecule has 0 saturated carbocycles. The van der Waals surface area contributed by atoms with Gasteiger partial charge in [0.25, 0.3) is 0 Å². The quantitative estimate of drug-likeness (QED) is 0.562. The van der Waals surface area contributed by atoms with Crippen LogP contribution in [0.4, 0.5) is 10.5 Å². The van der Waals surface area contributed by atoms with Crippen molar-refractivity contribution >= 4 is 39.5 Å². The Kier molecular flexibility index (Phi) is 7.70. The van der Waals surface area contributed by atoms with E-state index < -0.39 is 29.9 Å². The summed E-state index contributed by atoms with van der Waals surface area (Å²) >= 11 is 3.31. The van der Waals surface area contributed by atoms with Gasteiger partial charge in [0.05, 0.1) is 0 Å². The van der Waals surface area contributed by atoms with Gasteiger partial charge in [0, 0.05) is 10.2 Å². The molecule has 1 aromatic carbocycles. The SMILES string of the molecule is CC(C)C[C@H](NC(=O)Nc1ccc(Br)cc1)C(=O)NC(C)C(N)=O. The molecule has 5 N–H and O–H groups in total. The second kappa shape index (κ2) is 9.27. The molecule has 0 saturated heterocycles. The van der Waals surface area contributed by atoms with Crippen molar-refractivity contribution in [2.24, 2.45) is 11.7 Å². The third kappa shape index (κ3) is 6.99. The van der Waals surface area contributed by atoms with Crippen molar-refractivity contribution in [2.45, 2.75) is 39.3 Å². The Labute approximate surface area is 149 Å². The molecule has 0 aliphatic rings. The molecule has 0 bridgehead atoms. The summed E-state index contributed by atoms with van der Waals surface area (Å²) < 4.78 is 0.894. The number of halogens is 1. The average Bonchev–Trinajstić information content (AvgIpc) is 2.48. The fourth-order valence-electron chi connectivity index (χ4n) is 1.95. The van der Waals surface area contributed by atoms with Crippen LogP contribution >= 0.6 is 15.9 Å². The van der Waals surface area contributed by atoms with Gasteiger partial charge >= 0.3 is 6.03 Å². The highest BCUT2D eigenvalue weighted by Crippen LogP contribution is 2.14. The van der Waals surface area contributed by atoms with E-state index in [0.29, 0.717) is 12.1 Å². The maximum Gasteiger partial charge on any atom is 0.319 e. The van der Waals surface area contributed by atoms with E-state index in [9.17, 15) is 14.4 Å². The molecule has 1 unspecified atom stereocenters. The van der Waals surface area contributed by atoms with E-state index >= 15 is 0 Å². The smallest absolute Gasteiger partial charge is 0.319 e. The van der Waals surface area contributed by atoms with E-state index in [4.69, 9.17) is 5.73 Å². The van der Waals surface area contributed by atoms with Gasteiger partial charge in [0.15, 0.2) is 0 Å². The Bertz CT molecular complexity index is 589. The molecule has 8 heteroatoms. The minimum absolute atomic E-state index is 0.178. The molecular weight excluding hydrogens is 376 g/mol. The molecule has 0 spiro atoms. The number of carbonyl (C=O) groups excluding carboxylic acids is 3. The molecule has 0 aliphatic carbocycles. The van der Waals surface area contributed by atoms with Crippen molar-refractivity contribution < 1.29 is 14.4 Å². The maximum atomic E-state index is 12.3. The van der Waals surface area contributed by atoms with E-state index in [0.717, 1.165) is 4.47 Å². The molecule has 0 radical (unpaired) electrons. The van der Waals surface area contributed by atoms with Crippen LogP contribution in [0.2, 0.25) is 0 Å². The molecule has 0 aliphatic heterocycles. The first-order chi connectivity index (χ1) is 11.2. The predicted octanol–water partition coefficient (Wildman–Crippen LogP) is 1.98. The molecule has 7 nitrogen and oxygen atoms in total. The highest BCUT2D eigenvalue weighted by molar-refractivity contribution is 9.10. The number of rotatable bonds is 7. The molecule has 4 amide bonds. The Hall–Kier alpha value is -2.09. The molecule has 2 atom stereocenters. The van der Waals surface area contributed by atoms with Crippen LogP contribution in [-0.2, 0) is 9.59 Å². The summed E-state index contributed by atoms with van der Waals surface area (Å²) in [5.41, 5.74) is 5.75. The number of amides is 4. The van der Waals surface area contributed by atoms with Crippen molar-refractivity contribution in [1.29, 1.82) is 0 Å². The number of urea groups is 1. The normalized spacial score (nSPS) is 13.0. The minimum atomic E-state index is -0.802. The molecule has 0 heterocycles. The first-order valence-electron chi connectivity index (χ1n) is 7.61. The Morgan fingerprint density at radius 3 is 2.17 bits per heavy atom. The van der Waals surface area contributed by atoms with Gasteiger partial charge in [0.1, 0.15) is 12.1 Å². The molecule has 132 valence electrons. The topological polar surface area (TPSA) is 113 Å². The third-order valence-corrected chi connectivity index (χ3v) is 3.75. The van der Waals surface area contributed by atoms with Crippen molar-refractivity contribution in [1.82, 2.24) is 10.6 Å². The van der Waals surface area contributed by atoms with Crippen LogP contribution in [0.1, 0.15) is 27.2 Å². The van der Waals surface area contributed by atoms with Gasteiger partial charge in [-0.1, -0.05) is 29.8 Å². The third-order valence-electron chi connectivity index (χ3n) is 3.22. The van der Waals surface area contributed by atoms with Gasteiger partial charge in [-0.05, 0) is 43.5 Å². The van der Waals surface area contributed by atoms with E-state index in [-0.39, 0.29) is 5.92 Å². The lowest BCUT2D eigenvalue weighted by Gasteiger charge is -2.22. The highest BCUT2D eigenvalue weighted by Gasteiger charge is 2.24. The lowest BCUT2D eigenvalue weighted by molar-refractivity contribution is -0.128. The van der Waals surface area contributed by atoms with Crippen molar-refractivity contribution in [3.8, 4) is 0 Å². The van der Waals surface area contributed by atoms with Gasteiger partial charge < -0.3 is 21.7 Å². The van der Waals surface area contributed by atoms with Crippen LogP contribution in [0, 0.1) is 5.92 Å². The van der Waals surface area contributed by atoms with E-state index in [2.05, 4.69) is 31.9 Å². The summed E-state index contributed by atoms with van der Waals surface area (Å²) in [5, 5.41) is 7.79. The van der Waals surface area contributed by atoms with Crippen molar-refractivity contribution in [3.63, 3.8) is 0 Å². The van der Waals surface area contributed by atoms with Crippen LogP contribution in [0.25, 0.3) is 0 Å². The maximum absolute atomic E-state index is 12.3. The van der Waals surface area contributed by atoms with Crippen LogP contribution in [0.3, 0.4) is 0 Å². The number of nitrogens with one attached hydrogen (secondary N) is 3. The monoisotopic (exact) mass is 398 g/mol. The van der Waals surface area contributed by atoms with E-state index in [1.807, 2.05) is 13.8 Å². The van der Waals surface area contributed by atoms with Gasteiger partial charge in [-0.2, -0.15) is 0 Å². The number of carbonyl (C=O) groups is 3. The summed E-state index contributed by atoms with van der Waals surface area (Å²) in [6.07, 6.45) is 0.436.